The van der Waals surface area contributed by atoms with Crippen LogP contribution in [0.15, 0.2) is 12.1 Å². The molecule has 1 N–H and O–H groups in total. The quantitative estimate of drug-likeness (QED) is 0.659. The minimum Gasteiger partial charge on any atom is -0.314 e. The molecule has 0 aliphatic rings. The number of nitro groups is 1. The average molecular weight is 291 g/mol. The Balaban J connectivity index is 3.21. The minimum atomic E-state index is -0.424. The molecule has 100 valence electrons. The van der Waals surface area contributed by atoms with Gasteiger partial charge in [-0.2, -0.15) is 0 Å². The van der Waals surface area contributed by atoms with Crippen LogP contribution in [0.5, 0.6) is 0 Å². The fourth-order valence-corrected chi connectivity index (χ4v) is 2.17. The van der Waals surface area contributed by atoms with E-state index in [-0.39, 0.29) is 22.7 Å². The van der Waals surface area contributed by atoms with Gasteiger partial charge in [0, 0.05) is 23.6 Å². The summed E-state index contributed by atoms with van der Waals surface area (Å²) in [4.78, 5) is 10.6. The van der Waals surface area contributed by atoms with Crippen molar-refractivity contribution in [2.45, 2.75) is 32.7 Å². The van der Waals surface area contributed by atoms with Gasteiger partial charge >= 0.3 is 0 Å². The fraction of sp³-hybridized carbons (Fsp3) is 0.500. The molecule has 4 nitrogen and oxygen atoms in total. The van der Waals surface area contributed by atoms with Gasteiger partial charge in [0.1, 0.15) is 0 Å². The van der Waals surface area contributed by atoms with Crippen LogP contribution in [0.3, 0.4) is 0 Å². The number of halogens is 2. The number of hydrogen-bond acceptors (Lipinski definition) is 3. The molecule has 0 saturated heterocycles. The van der Waals surface area contributed by atoms with Gasteiger partial charge in [-0.05, 0) is 19.5 Å². The lowest BCUT2D eigenvalue weighted by Crippen LogP contribution is -2.30. The lowest BCUT2D eigenvalue weighted by atomic mass is 9.93. The molecule has 6 heteroatoms. The van der Waals surface area contributed by atoms with Crippen molar-refractivity contribution in [3.63, 3.8) is 0 Å². The van der Waals surface area contributed by atoms with Gasteiger partial charge in [0.15, 0.2) is 0 Å². The molecule has 0 bridgehead atoms. The molecule has 0 saturated carbocycles. The molecule has 18 heavy (non-hydrogen) atoms. The fourth-order valence-electron chi connectivity index (χ4n) is 1.84. The molecule has 2 unspecified atom stereocenters. The minimum absolute atomic E-state index is 0.0154. The predicted octanol–water partition coefficient (Wildman–Crippen LogP) is 4.00. The third-order valence-electron chi connectivity index (χ3n) is 3.03. The van der Waals surface area contributed by atoms with Gasteiger partial charge < -0.3 is 5.32 Å². The molecule has 1 aromatic rings. The Morgan fingerprint density at radius 2 is 1.89 bits per heavy atom. The maximum atomic E-state index is 11.1. The Hall–Kier alpha value is -0.840. The summed E-state index contributed by atoms with van der Waals surface area (Å²) >= 11 is 11.8. The predicted molar refractivity (Wildman–Crippen MR) is 74.7 cm³/mol. The molecular formula is C12H16Cl2N2O2. The van der Waals surface area contributed by atoms with Crippen LogP contribution < -0.4 is 5.32 Å². The van der Waals surface area contributed by atoms with Crippen molar-refractivity contribution in [3.05, 3.63) is 37.9 Å². The summed E-state index contributed by atoms with van der Waals surface area (Å²) < 4.78 is 0. The zero-order valence-corrected chi connectivity index (χ0v) is 12.0. The number of hydrogen-bond donors (Lipinski definition) is 1. The third-order valence-corrected chi connectivity index (χ3v) is 3.76. The van der Waals surface area contributed by atoms with Crippen molar-refractivity contribution >= 4 is 28.9 Å². The van der Waals surface area contributed by atoms with Gasteiger partial charge in [-0.3, -0.25) is 10.1 Å². The van der Waals surface area contributed by atoms with Gasteiger partial charge in [0.25, 0.3) is 5.69 Å². The molecule has 0 heterocycles. The maximum absolute atomic E-state index is 11.1. The summed E-state index contributed by atoms with van der Waals surface area (Å²) in [6.07, 6.45) is 0. The highest BCUT2D eigenvalue weighted by molar-refractivity contribution is 6.42. The summed E-state index contributed by atoms with van der Waals surface area (Å²) in [6.45, 7) is 6.72. The van der Waals surface area contributed by atoms with Crippen LogP contribution in [-0.4, -0.2) is 17.5 Å². The molecule has 0 aliphatic carbocycles. The Morgan fingerprint density at radius 3 is 2.39 bits per heavy atom. The largest absolute Gasteiger partial charge is 0.314 e. The van der Waals surface area contributed by atoms with E-state index in [2.05, 4.69) is 5.32 Å². The van der Waals surface area contributed by atoms with Crippen molar-refractivity contribution < 1.29 is 4.92 Å². The smallest absolute Gasteiger partial charge is 0.274 e. The number of rotatable bonds is 5. The molecule has 0 aromatic heterocycles. The zero-order chi connectivity index (χ0) is 13.9. The van der Waals surface area contributed by atoms with Gasteiger partial charge in [-0.25, -0.2) is 0 Å². The Bertz CT molecular complexity index is 452. The van der Waals surface area contributed by atoms with Crippen molar-refractivity contribution in [3.8, 4) is 0 Å². The number of nitro benzene ring substituents is 1. The van der Waals surface area contributed by atoms with E-state index in [1.54, 1.807) is 6.07 Å². The number of nitrogens with one attached hydrogen (secondary N) is 1. The van der Waals surface area contributed by atoms with Gasteiger partial charge in [0.05, 0.1) is 15.0 Å². The van der Waals surface area contributed by atoms with Gasteiger partial charge in [-0.1, -0.05) is 37.0 Å². The summed E-state index contributed by atoms with van der Waals surface area (Å²) in [5.74, 6) is -0.0277. The molecule has 1 aromatic carbocycles. The molecule has 0 amide bonds. The van der Waals surface area contributed by atoms with Crippen molar-refractivity contribution in [2.24, 2.45) is 0 Å². The molecule has 0 aliphatic heterocycles. The topological polar surface area (TPSA) is 55.2 Å². The highest BCUT2D eigenvalue weighted by Gasteiger charge is 2.24. The molecule has 2 atom stereocenters. The van der Waals surface area contributed by atoms with Gasteiger partial charge in [-0.15, -0.1) is 0 Å². The normalized spacial score (nSPS) is 14.3. The lowest BCUT2D eigenvalue weighted by molar-refractivity contribution is -0.385. The van der Waals surface area contributed by atoms with E-state index in [1.807, 2.05) is 20.8 Å². The lowest BCUT2D eigenvalue weighted by Gasteiger charge is -2.21. The second-order valence-electron chi connectivity index (χ2n) is 4.22. The molecular weight excluding hydrogens is 275 g/mol. The average Bonchev–Trinajstić information content (AvgIpc) is 2.31. The zero-order valence-electron chi connectivity index (χ0n) is 10.5. The summed E-state index contributed by atoms with van der Waals surface area (Å²) in [5, 5.41) is 14.8. The highest BCUT2D eigenvalue weighted by Crippen LogP contribution is 2.35. The van der Waals surface area contributed by atoms with Crippen LogP contribution in [0.1, 0.15) is 32.3 Å². The van der Waals surface area contributed by atoms with Crippen molar-refractivity contribution in [1.29, 1.82) is 0 Å². The van der Waals surface area contributed by atoms with E-state index in [0.717, 1.165) is 6.54 Å². The Kier molecular flexibility index (Phi) is 5.38. The first-order valence-corrected chi connectivity index (χ1v) is 6.50. The second-order valence-corrected chi connectivity index (χ2v) is 5.03. The van der Waals surface area contributed by atoms with E-state index >= 15 is 0 Å². The van der Waals surface area contributed by atoms with Crippen LogP contribution in [0.4, 0.5) is 5.69 Å². The van der Waals surface area contributed by atoms with Crippen molar-refractivity contribution in [1.82, 2.24) is 5.32 Å². The standard InChI is InChI=1S/C12H16Cl2N2O2/c1-4-15-8(3)7(2)9-5-10(13)11(14)6-12(9)16(17)18/h5-8,15H,4H2,1-3H3. The summed E-state index contributed by atoms with van der Waals surface area (Å²) in [7, 11) is 0. The van der Waals surface area contributed by atoms with Crippen LogP contribution in [0.25, 0.3) is 0 Å². The first kappa shape index (κ1) is 15.2. The van der Waals surface area contributed by atoms with Crippen LogP contribution in [0, 0.1) is 10.1 Å². The second kappa shape index (κ2) is 6.36. The SMILES string of the molecule is CCNC(C)C(C)c1cc(Cl)c(Cl)cc1[N+](=O)[O-]. The van der Waals surface area contributed by atoms with Crippen molar-refractivity contribution in [2.75, 3.05) is 6.54 Å². The molecule has 0 spiro atoms. The highest BCUT2D eigenvalue weighted by atomic mass is 35.5. The number of benzene rings is 1. The number of likely N-dealkylation sites (N-methyl/N-ethyl adjacent to an activating group) is 1. The van der Waals surface area contributed by atoms with Crippen LogP contribution in [0.2, 0.25) is 10.0 Å². The van der Waals surface area contributed by atoms with E-state index in [1.165, 1.54) is 6.07 Å². The number of nitrogens with zero attached hydrogens (tertiary/aromatic N) is 1. The third kappa shape index (κ3) is 3.34. The summed E-state index contributed by atoms with van der Waals surface area (Å²) in [5.41, 5.74) is 0.615. The van der Waals surface area contributed by atoms with E-state index in [9.17, 15) is 10.1 Å². The Morgan fingerprint density at radius 1 is 1.33 bits per heavy atom. The maximum Gasteiger partial charge on any atom is 0.274 e. The van der Waals surface area contributed by atoms with Crippen LogP contribution in [-0.2, 0) is 0 Å². The molecule has 0 radical (unpaired) electrons. The molecule has 1 rings (SSSR count). The van der Waals surface area contributed by atoms with E-state index in [0.29, 0.717) is 10.6 Å². The first-order chi connectivity index (χ1) is 8.38. The van der Waals surface area contributed by atoms with E-state index in [4.69, 9.17) is 23.2 Å². The van der Waals surface area contributed by atoms with Crippen LogP contribution >= 0.6 is 23.2 Å². The summed E-state index contributed by atoms with van der Waals surface area (Å²) in [6, 6.07) is 3.01. The van der Waals surface area contributed by atoms with Gasteiger partial charge in [0.2, 0.25) is 0 Å². The van der Waals surface area contributed by atoms with E-state index < -0.39 is 4.92 Å². The first-order valence-electron chi connectivity index (χ1n) is 5.75. The Labute approximate surface area is 116 Å². The molecule has 0 fully saturated rings. The monoisotopic (exact) mass is 290 g/mol.